The zero-order valence-corrected chi connectivity index (χ0v) is 13.9. The van der Waals surface area contributed by atoms with Gasteiger partial charge in [0.25, 0.3) is 5.91 Å². The molecule has 0 fully saturated rings. The lowest BCUT2D eigenvalue weighted by Crippen LogP contribution is -2.25. The minimum Gasteiger partial charge on any atom is -0.465 e. The Kier molecular flexibility index (Phi) is 6.35. The maximum absolute atomic E-state index is 12.0. The molecule has 0 aromatic heterocycles. The molecule has 5 nitrogen and oxygen atoms in total. The van der Waals surface area contributed by atoms with Crippen molar-refractivity contribution in [3.63, 3.8) is 0 Å². The molecule has 0 aliphatic heterocycles. The summed E-state index contributed by atoms with van der Waals surface area (Å²) in [6.45, 7) is 0.311. The van der Waals surface area contributed by atoms with Crippen molar-refractivity contribution < 1.29 is 19.4 Å². The Morgan fingerprint density at radius 1 is 1.17 bits per heavy atom. The number of ether oxygens (including phenoxy) is 1. The van der Waals surface area contributed by atoms with Crippen LogP contribution in [0.25, 0.3) is 0 Å². The van der Waals surface area contributed by atoms with Gasteiger partial charge in [-0.2, -0.15) is 0 Å². The molecular formula is C18H18ClNO4. The first-order valence-corrected chi connectivity index (χ1v) is 7.79. The second kappa shape index (κ2) is 8.47. The van der Waals surface area contributed by atoms with E-state index in [1.807, 2.05) is 0 Å². The number of amides is 1. The minimum atomic E-state index is -0.703. The molecule has 6 heteroatoms. The molecule has 0 heterocycles. The third-order valence-electron chi connectivity index (χ3n) is 3.50. The topological polar surface area (TPSA) is 75.6 Å². The number of carbonyl (C=O) groups excluding carboxylic acids is 2. The lowest BCUT2D eigenvalue weighted by atomic mass is 10.1. The SMILES string of the molecule is COC(=O)c1ccc(C(=O)NCC[C@@H](O)c2cccc(Cl)c2)cc1. The molecule has 0 unspecified atom stereocenters. The van der Waals surface area contributed by atoms with E-state index in [-0.39, 0.29) is 5.91 Å². The molecule has 0 radical (unpaired) electrons. The fourth-order valence-corrected chi connectivity index (χ4v) is 2.38. The molecule has 24 heavy (non-hydrogen) atoms. The first kappa shape index (κ1) is 18.0. The van der Waals surface area contributed by atoms with Gasteiger partial charge in [0.2, 0.25) is 0 Å². The van der Waals surface area contributed by atoms with Crippen molar-refractivity contribution in [1.29, 1.82) is 0 Å². The third kappa shape index (κ3) is 4.81. The Morgan fingerprint density at radius 2 is 1.83 bits per heavy atom. The molecule has 2 rings (SSSR count). The predicted octanol–water partition coefficient (Wildman–Crippen LogP) is 2.98. The van der Waals surface area contributed by atoms with Gasteiger partial charge in [-0.15, -0.1) is 0 Å². The van der Waals surface area contributed by atoms with Crippen molar-refractivity contribution in [2.45, 2.75) is 12.5 Å². The highest BCUT2D eigenvalue weighted by molar-refractivity contribution is 6.30. The first-order valence-electron chi connectivity index (χ1n) is 7.41. The maximum Gasteiger partial charge on any atom is 0.337 e. The number of aliphatic hydroxyl groups is 1. The van der Waals surface area contributed by atoms with Gasteiger partial charge in [0, 0.05) is 17.1 Å². The molecule has 0 spiro atoms. The molecule has 0 saturated carbocycles. The molecule has 0 bridgehead atoms. The van der Waals surface area contributed by atoms with Crippen molar-refractivity contribution in [1.82, 2.24) is 5.32 Å². The molecule has 0 aliphatic rings. The Morgan fingerprint density at radius 3 is 2.46 bits per heavy atom. The monoisotopic (exact) mass is 347 g/mol. The minimum absolute atomic E-state index is 0.273. The average molecular weight is 348 g/mol. The summed E-state index contributed by atoms with van der Waals surface area (Å²) in [6, 6.07) is 13.1. The van der Waals surface area contributed by atoms with Gasteiger partial charge in [0.15, 0.2) is 0 Å². The van der Waals surface area contributed by atoms with E-state index in [0.29, 0.717) is 34.7 Å². The summed E-state index contributed by atoms with van der Waals surface area (Å²) >= 11 is 5.89. The summed E-state index contributed by atoms with van der Waals surface area (Å²) in [5.74, 6) is -0.726. The van der Waals surface area contributed by atoms with Crippen LogP contribution in [-0.4, -0.2) is 30.6 Å². The summed E-state index contributed by atoms with van der Waals surface area (Å²) in [7, 11) is 1.30. The number of halogens is 1. The van der Waals surface area contributed by atoms with E-state index < -0.39 is 12.1 Å². The number of rotatable bonds is 6. The quantitative estimate of drug-likeness (QED) is 0.788. The van der Waals surface area contributed by atoms with Crippen molar-refractivity contribution in [3.05, 3.63) is 70.2 Å². The van der Waals surface area contributed by atoms with Crippen LogP contribution in [0.5, 0.6) is 0 Å². The smallest absolute Gasteiger partial charge is 0.337 e. The normalized spacial score (nSPS) is 11.6. The van der Waals surface area contributed by atoms with Crippen molar-refractivity contribution in [2.24, 2.45) is 0 Å². The molecule has 2 aromatic rings. The zero-order valence-electron chi connectivity index (χ0n) is 13.2. The summed E-state index contributed by atoms with van der Waals surface area (Å²) in [5, 5.41) is 13.4. The number of benzene rings is 2. The molecule has 0 saturated heterocycles. The summed E-state index contributed by atoms with van der Waals surface area (Å²) in [4.78, 5) is 23.4. The van der Waals surface area contributed by atoms with E-state index in [0.717, 1.165) is 0 Å². The van der Waals surface area contributed by atoms with E-state index in [4.69, 9.17) is 11.6 Å². The van der Waals surface area contributed by atoms with Crippen LogP contribution >= 0.6 is 11.6 Å². The highest BCUT2D eigenvalue weighted by atomic mass is 35.5. The Labute approximate surface area is 145 Å². The van der Waals surface area contributed by atoms with Crippen LogP contribution < -0.4 is 5.32 Å². The highest BCUT2D eigenvalue weighted by Gasteiger charge is 2.11. The zero-order chi connectivity index (χ0) is 17.5. The largest absolute Gasteiger partial charge is 0.465 e. The van der Waals surface area contributed by atoms with Gasteiger partial charge in [-0.05, 0) is 48.4 Å². The van der Waals surface area contributed by atoms with Crippen molar-refractivity contribution in [3.8, 4) is 0 Å². The standard InChI is InChI=1S/C18H18ClNO4/c1-24-18(23)13-7-5-12(6-8-13)17(22)20-10-9-16(21)14-3-2-4-15(19)11-14/h2-8,11,16,21H,9-10H2,1H3,(H,20,22)/t16-/m1/s1. The van der Waals surface area contributed by atoms with Crippen LogP contribution in [0.3, 0.4) is 0 Å². The van der Waals surface area contributed by atoms with E-state index in [9.17, 15) is 14.7 Å². The number of methoxy groups -OCH3 is 1. The fourth-order valence-electron chi connectivity index (χ4n) is 2.18. The van der Waals surface area contributed by atoms with Crippen molar-refractivity contribution >= 4 is 23.5 Å². The summed E-state index contributed by atoms with van der Waals surface area (Å²) < 4.78 is 4.60. The van der Waals surface area contributed by atoms with Gasteiger partial charge < -0.3 is 15.2 Å². The van der Waals surface area contributed by atoms with E-state index >= 15 is 0 Å². The predicted molar refractivity (Wildman–Crippen MR) is 91.1 cm³/mol. The van der Waals surface area contributed by atoms with E-state index in [1.165, 1.54) is 19.2 Å². The molecule has 2 N–H and O–H groups in total. The van der Waals surface area contributed by atoms with E-state index in [1.54, 1.807) is 36.4 Å². The van der Waals surface area contributed by atoms with Gasteiger partial charge in [-0.25, -0.2) is 4.79 Å². The van der Waals surface area contributed by atoms with Gasteiger partial charge in [0.1, 0.15) is 0 Å². The van der Waals surface area contributed by atoms with Crippen LogP contribution in [-0.2, 0) is 4.74 Å². The maximum atomic E-state index is 12.0. The van der Waals surface area contributed by atoms with Gasteiger partial charge in [-0.1, -0.05) is 23.7 Å². The molecular weight excluding hydrogens is 330 g/mol. The highest BCUT2D eigenvalue weighted by Crippen LogP contribution is 2.19. The second-order valence-corrected chi connectivity index (χ2v) is 5.62. The Balaban J connectivity index is 1.85. The molecule has 0 aliphatic carbocycles. The van der Waals surface area contributed by atoms with Gasteiger partial charge >= 0.3 is 5.97 Å². The lowest BCUT2D eigenvalue weighted by molar-refractivity contribution is 0.0600. The van der Waals surface area contributed by atoms with Crippen LogP contribution in [0.2, 0.25) is 5.02 Å². The molecule has 126 valence electrons. The second-order valence-electron chi connectivity index (χ2n) is 5.18. The fraction of sp³-hybridized carbons (Fsp3) is 0.222. The third-order valence-corrected chi connectivity index (χ3v) is 3.74. The number of aliphatic hydroxyl groups excluding tert-OH is 1. The average Bonchev–Trinajstić information content (AvgIpc) is 2.61. The van der Waals surface area contributed by atoms with Crippen LogP contribution in [0.1, 0.15) is 38.8 Å². The number of hydrogen-bond donors (Lipinski definition) is 2. The van der Waals surface area contributed by atoms with Crippen LogP contribution in [0.15, 0.2) is 48.5 Å². The molecule has 2 aromatic carbocycles. The van der Waals surface area contributed by atoms with Crippen LogP contribution in [0.4, 0.5) is 0 Å². The number of hydrogen-bond acceptors (Lipinski definition) is 4. The number of esters is 1. The Bertz CT molecular complexity index is 715. The number of nitrogens with one attached hydrogen (secondary N) is 1. The van der Waals surface area contributed by atoms with Crippen molar-refractivity contribution in [2.75, 3.05) is 13.7 Å². The van der Waals surface area contributed by atoms with Gasteiger partial charge in [0.05, 0.1) is 18.8 Å². The van der Waals surface area contributed by atoms with Crippen LogP contribution in [0, 0.1) is 0 Å². The molecule has 1 atom stereocenters. The summed E-state index contributed by atoms with van der Waals surface area (Å²) in [5.41, 5.74) is 1.52. The van der Waals surface area contributed by atoms with Gasteiger partial charge in [-0.3, -0.25) is 4.79 Å². The van der Waals surface area contributed by atoms with E-state index in [2.05, 4.69) is 10.1 Å². The lowest BCUT2D eigenvalue weighted by Gasteiger charge is -2.12. The number of carbonyl (C=O) groups is 2. The Hall–Kier alpha value is -2.37. The molecule has 1 amide bonds. The summed E-state index contributed by atoms with van der Waals surface area (Å²) in [6.07, 6.45) is -0.336. The first-order chi connectivity index (χ1) is 11.5.